The van der Waals surface area contributed by atoms with Crippen molar-refractivity contribution in [2.45, 2.75) is 13.0 Å². The minimum Gasteiger partial charge on any atom is -0.491 e. The lowest BCUT2D eigenvalue weighted by atomic mass is 10.2. The smallest absolute Gasteiger partial charge is 0.241 e. The number of likely N-dealkylation sites (N-methyl/N-ethyl adjacent to an activating group) is 1. The van der Waals surface area contributed by atoms with Gasteiger partial charge in [-0.05, 0) is 18.6 Å². The third-order valence-electron chi connectivity index (χ3n) is 3.37. The molecular weight excluding hydrogens is 256 g/mol. The summed E-state index contributed by atoms with van der Waals surface area (Å²) in [6, 6.07) is 7.64. The van der Waals surface area contributed by atoms with Crippen molar-refractivity contribution in [2.75, 3.05) is 40.0 Å². The van der Waals surface area contributed by atoms with Gasteiger partial charge in [0, 0.05) is 13.6 Å². The largest absolute Gasteiger partial charge is 0.491 e. The van der Waals surface area contributed by atoms with E-state index in [-0.39, 0.29) is 11.9 Å². The molecule has 0 aliphatic carbocycles. The van der Waals surface area contributed by atoms with Crippen LogP contribution in [0.2, 0.25) is 0 Å². The molecule has 1 N–H and O–H groups in total. The molecule has 1 amide bonds. The van der Waals surface area contributed by atoms with Gasteiger partial charge in [0.25, 0.3) is 0 Å². The van der Waals surface area contributed by atoms with Gasteiger partial charge in [0.1, 0.15) is 18.4 Å². The fourth-order valence-corrected chi connectivity index (χ4v) is 2.11. The Balaban J connectivity index is 1.75. The first kappa shape index (κ1) is 14.8. The quantitative estimate of drug-likeness (QED) is 0.866. The molecule has 1 aliphatic rings. The summed E-state index contributed by atoms with van der Waals surface area (Å²) in [6.45, 7) is 4.90. The first-order valence-corrected chi connectivity index (χ1v) is 6.93. The second kappa shape index (κ2) is 7.26. The van der Waals surface area contributed by atoms with Crippen molar-refractivity contribution in [1.82, 2.24) is 10.2 Å². The molecule has 20 heavy (non-hydrogen) atoms. The second-order valence-corrected chi connectivity index (χ2v) is 4.96. The predicted molar refractivity (Wildman–Crippen MR) is 76.9 cm³/mol. The fourth-order valence-electron chi connectivity index (χ4n) is 2.11. The van der Waals surface area contributed by atoms with Gasteiger partial charge in [-0.15, -0.1) is 0 Å². The van der Waals surface area contributed by atoms with E-state index in [2.05, 4.69) is 5.32 Å². The highest BCUT2D eigenvalue weighted by atomic mass is 16.5. The second-order valence-electron chi connectivity index (χ2n) is 4.96. The molecule has 0 spiro atoms. The van der Waals surface area contributed by atoms with E-state index in [1.165, 1.54) is 0 Å². The zero-order chi connectivity index (χ0) is 14.4. The molecule has 5 heteroatoms. The summed E-state index contributed by atoms with van der Waals surface area (Å²) >= 11 is 0. The Hall–Kier alpha value is -1.59. The molecule has 2 rings (SSSR count). The van der Waals surface area contributed by atoms with Crippen LogP contribution in [-0.2, 0) is 9.53 Å². The highest BCUT2D eigenvalue weighted by molar-refractivity contribution is 5.81. The van der Waals surface area contributed by atoms with Gasteiger partial charge in [-0.3, -0.25) is 4.79 Å². The zero-order valence-corrected chi connectivity index (χ0v) is 12.1. The Morgan fingerprint density at radius 2 is 2.30 bits per heavy atom. The van der Waals surface area contributed by atoms with Crippen LogP contribution in [0.5, 0.6) is 5.75 Å². The van der Waals surface area contributed by atoms with Crippen LogP contribution in [0.25, 0.3) is 0 Å². The topological polar surface area (TPSA) is 50.8 Å². The van der Waals surface area contributed by atoms with E-state index in [0.29, 0.717) is 26.4 Å². The Labute approximate surface area is 119 Å². The van der Waals surface area contributed by atoms with Crippen molar-refractivity contribution < 1.29 is 14.3 Å². The number of benzene rings is 1. The number of rotatable bonds is 5. The lowest BCUT2D eigenvalue weighted by Crippen LogP contribution is -2.52. The Bertz CT molecular complexity index is 444. The number of amides is 1. The summed E-state index contributed by atoms with van der Waals surface area (Å²) in [5.41, 5.74) is 1.10. The van der Waals surface area contributed by atoms with Crippen LogP contribution in [-0.4, -0.2) is 56.8 Å². The van der Waals surface area contributed by atoms with E-state index >= 15 is 0 Å². The number of ether oxygens (including phenoxy) is 2. The van der Waals surface area contributed by atoms with E-state index < -0.39 is 0 Å². The molecule has 0 radical (unpaired) electrons. The maximum absolute atomic E-state index is 12.1. The van der Waals surface area contributed by atoms with E-state index in [1.807, 2.05) is 31.2 Å². The lowest BCUT2D eigenvalue weighted by Gasteiger charge is -2.27. The highest BCUT2D eigenvalue weighted by Crippen LogP contribution is 2.15. The lowest BCUT2D eigenvalue weighted by molar-refractivity contribution is -0.135. The highest BCUT2D eigenvalue weighted by Gasteiger charge is 2.23. The molecule has 110 valence electrons. The Morgan fingerprint density at radius 3 is 3.00 bits per heavy atom. The number of hydrogen-bond acceptors (Lipinski definition) is 4. The minimum atomic E-state index is -0.229. The standard InChI is InChI=1S/C15H22N2O3/c1-12-5-3-4-6-14(12)20-10-8-17(2)15(18)13-11-19-9-7-16-13/h3-6,13,16H,7-11H2,1-2H3. The molecule has 1 heterocycles. The number of aryl methyl sites for hydroxylation is 1. The third kappa shape index (κ3) is 3.95. The Morgan fingerprint density at radius 1 is 1.50 bits per heavy atom. The van der Waals surface area contributed by atoms with Crippen molar-refractivity contribution in [3.05, 3.63) is 29.8 Å². The van der Waals surface area contributed by atoms with Gasteiger partial charge in [0.2, 0.25) is 5.91 Å². The summed E-state index contributed by atoms with van der Waals surface area (Å²) in [5.74, 6) is 0.922. The molecule has 1 aliphatic heterocycles. The van der Waals surface area contributed by atoms with E-state index in [1.54, 1.807) is 11.9 Å². The van der Waals surface area contributed by atoms with Crippen LogP contribution < -0.4 is 10.1 Å². The van der Waals surface area contributed by atoms with Crippen LogP contribution in [0.15, 0.2) is 24.3 Å². The van der Waals surface area contributed by atoms with Crippen LogP contribution in [0.4, 0.5) is 0 Å². The summed E-state index contributed by atoms with van der Waals surface area (Å²) < 4.78 is 11.0. The van der Waals surface area contributed by atoms with Crippen molar-refractivity contribution in [2.24, 2.45) is 0 Å². The number of para-hydroxylation sites is 1. The molecule has 0 aromatic heterocycles. The van der Waals surface area contributed by atoms with E-state index in [4.69, 9.17) is 9.47 Å². The number of carbonyl (C=O) groups excluding carboxylic acids is 1. The number of nitrogens with zero attached hydrogens (tertiary/aromatic N) is 1. The molecule has 1 saturated heterocycles. The van der Waals surface area contributed by atoms with Crippen LogP contribution in [0.3, 0.4) is 0 Å². The number of morpholine rings is 1. The maximum Gasteiger partial charge on any atom is 0.241 e. The molecule has 1 unspecified atom stereocenters. The zero-order valence-electron chi connectivity index (χ0n) is 12.1. The van der Waals surface area contributed by atoms with Crippen LogP contribution >= 0.6 is 0 Å². The van der Waals surface area contributed by atoms with E-state index in [9.17, 15) is 4.79 Å². The van der Waals surface area contributed by atoms with Crippen molar-refractivity contribution in [3.63, 3.8) is 0 Å². The molecular formula is C15H22N2O3. The maximum atomic E-state index is 12.1. The van der Waals surface area contributed by atoms with Gasteiger partial charge < -0.3 is 19.7 Å². The third-order valence-corrected chi connectivity index (χ3v) is 3.37. The molecule has 1 aromatic rings. The van der Waals surface area contributed by atoms with Gasteiger partial charge >= 0.3 is 0 Å². The van der Waals surface area contributed by atoms with Crippen molar-refractivity contribution in [3.8, 4) is 5.75 Å². The molecule has 1 atom stereocenters. The molecule has 5 nitrogen and oxygen atoms in total. The van der Waals surface area contributed by atoms with Crippen molar-refractivity contribution >= 4 is 5.91 Å². The number of hydrogen-bond donors (Lipinski definition) is 1. The van der Waals surface area contributed by atoms with E-state index in [0.717, 1.165) is 17.9 Å². The molecule has 1 aromatic carbocycles. The monoisotopic (exact) mass is 278 g/mol. The molecule has 1 fully saturated rings. The fraction of sp³-hybridized carbons (Fsp3) is 0.533. The number of nitrogens with one attached hydrogen (secondary N) is 1. The first-order chi connectivity index (χ1) is 9.68. The van der Waals surface area contributed by atoms with Gasteiger partial charge in [0.05, 0.1) is 19.8 Å². The van der Waals surface area contributed by atoms with Crippen LogP contribution in [0.1, 0.15) is 5.56 Å². The van der Waals surface area contributed by atoms with Crippen LogP contribution in [0, 0.1) is 6.92 Å². The van der Waals surface area contributed by atoms with Crippen molar-refractivity contribution in [1.29, 1.82) is 0 Å². The summed E-state index contributed by atoms with van der Waals surface area (Å²) in [7, 11) is 1.79. The normalized spacial score (nSPS) is 18.6. The SMILES string of the molecule is Cc1ccccc1OCCN(C)C(=O)C1COCCN1. The predicted octanol–water partition coefficient (Wildman–Crippen LogP) is 0.821. The Kier molecular flexibility index (Phi) is 5.38. The van der Waals surface area contributed by atoms with Gasteiger partial charge in [-0.1, -0.05) is 18.2 Å². The minimum absolute atomic E-state index is 0.0538. The molecule has 0 bridgehead atoms. The van der Waals surface area contributed by atoms with Gasteiger partial charge in [0.15, 0.2) is 0 Å². The summed E-state index contributed by atoms with van der Waals surface area (Å²) in [4.78, 5) is 13.8. The average Bonchev–Trinajstić information content (AvgIpc) is 2.49. The molecule has 0 saturated carbocycles. The first-order valence-electron chi connectivity index (χ1n) is 6.93. The average molecular weight is 278 g/mol. The summed E-state index contributed by atoms with van der Waals surface area (Å²) in [6.07, 6.45) is 0. The summed E-state index contributed by atoms with van der Waals surface area (Å²) in [5, 5.41) is 3.16. The van der Waals surface area contributed by atoms with Gasteiger partial charge in [-0.25, -0.2) is 0 Å². The van der Waals surface area contributed by atoms with Gasteiger partial charge in [-0.2, -0.15) is 0 Å². The number of carbonyl (C=O) groups is 1.